The lowest BCUT2D eigenvalue weighted by Crippen LogP contribution is -2.58. The number of aryl methyl sites for hydroxylation is 1. The van der Waals surface area contributed by atoms with Crippen LogP contribution in [0.4, 0.5) is 0 Å². The van der Waals surface area contributed by atoms with Crippen molar-refractivity contribution < 1.29 is 9.59 Å². The van der Waals surface area contributed by atoms with Crippen molar-refractivity contribution in [1.29, 1.82) is 0 Å². The van der Waals surface area contributed by atoms with E-state index in [9.17, 15) is 9.59 Å². The van der Waals surface area contributed by atoms with E-state index in [0.717, 1.165) is 51.0 Å². The minimum absolute atomic E-state index is 0.0665. The van der Waals surface area contributed by atoms with Crippen LogP contribution in [0.15, 0.2) is 24.3 Å². The lowest BCUT2D eigenvalue weighted by molar-refractivity contribution is -0.138. The molecule has 0 unspecified atom stereocenters. The van der Waals surface area contributed by atoms with Gasteiger partial charge in [-0.15, -0.1) is 0 Å². The Morgan fingerprint density at radius 2 is 1.83 bits per heavy atom. The minimum atomic E-state index is -0.0665. The first-order chi connectivity index (χ1) is 14.0. The highest BCUT2D eigenvalue weighted by Crippen LogP contribution is 2.31. The van der Waals surface area contributed by atoms with Crippen LogP contribution in [0.3, 0.4) is 0 Å². The number of piperazine rings is 1. The largest absolute Gasteiger partial charge is 0.351 e. The van der Waals surface area contributed by atoms with Gasteiger partial charge < -0.3 is 10.2 Å². The SMILES string of the molecule is CC[C@H](C)C(=O)N1CCN([C@@H](C(=O)NCc2cccc(C)c2)C2CCCC2)CC1. The Labute approximate surface area is 175 Å². The number of hydrogen-bond acceptors (Lipinski definition) is 3. The van der Waals surface area contributed by atoms with E-state index in [1.54, 1.807) is 0 Å². The highest BCUT2D eigenvalue weighted by atomic mass is 16.2. The van der Waals surface area contributed by atoms with E-state index in [0.29, 0.717) is 12.5 Å². The number of carbonyl (C=O) groups excluding carboxylic acids is 2. The molecule has 0 spiro atoms. The molecule has 1 aliphatic carbocycles. The molecule has 1 aromatic carbocycles. The summed E-state index contributed by atoms with van der Waals surface area (Å²) < 4.78 is 0. The van der Waals surface area contributed by atoms with E-state index in [4.69, 9.17) is 0 Å². The quantitative estimate of drug-likeness (QED) is 0.765. The zero-order valence-electron chi connectivity index (χ0n) is 18.3. The number of benzene rings is 1. The lowest BCUT2D eigenvalue weighted by atomic mass is 9.94. The molecule has 1 heterocycles. The maximum absolute atomic E-state index is 13.2. The number of rotatable bonds is 7. The number of amides is 2. The molecule has 5 heteroatoms. The maximum atomic E-state index is 13.2. The molecule has 1 saturated carbocycles. The van der Waals surface area contributed by atoms with Gasteiger partial charge in [0.05, 0.1) is 6.04 Å². The van der Waals surface area contributed by atoms with Crippen molar-refractivity contribution in [3.8, 4) is 0 Å². The topological polar surface area (TPSA) is 52.7 Å². The van der Waals surface area contributed by atoms with Gasteiger partial charge >= 0.3 is 0 Å². The van der Waals surface area contributed by atoms with Crippen molar-refractivity contribution in [2.75, 3.05) is 26.2 Å². The molecule has 1 aromatic rings. The summed E-state index contributed by atoms with van der Waals surface area (Å²) in [7, 11) is 0. The molecule has 1 saturated heterocycles. The van der Waals surface area contributed by atoms with Gasteiger partial charge in [-0.3, -0.25) is 14.5 Å². The Bertz CT molecular complexity index is 691. The van der Waals surface area contributed by atoms with Crippen molar-refractivity contribution in [3.63, 3.8) is 0 Å². The van der Waals surface area contributed by atoms with Gasteiger partial charge in [0.25, 0.3) is 0 Å². The van der Waals surface area contributed by atoms with Crippen LogP contribution < -0.4 is 5.32 Å². The summed E-state index contributed by atoms with van der Waals surface area (Å²) >= 11 is 0. The zero-order valence-corrected chi connectivity index (χ0v) is 18.3. The van der Waals surface area contributed by atoms with Gasteiger partial charge in [-0.1, -0.05) is 56.5 Å². The number of carbonyl (C=O) groups is 2. The van der Waals surface area contributed by atoms with Gasteiger partial charge in [0.1, 0.15) is 0 Å². The molecule has 3 rings (SSSR count). The molecular formula is C24H37N3O2. The highest BCUT2D eigenvalue weighted by molar-refractivity contribution is 5.82. The summed E-state index contributed by atoms with van der Waals surface area (Å²) in [5.74, 6) is 0.933. The van der Waals surface area contributed by atoms with Crippen LogP contribution in [0.5, 0.6) is 0 Å². The average molecular weight is 400 g/mol. The Balaban J connectivity index is 1.61. The van der Waals surface area contributed by atoms with Crippen molar-refractivity contribution >= 4 is 11.8 Å². The summed E-state index contributed by atoms with van der Waals surface area (Å²) in [6.45, 7) is 9.78. The summed E-state index contributed by atoms with van der Waals surface area (Å²) in [6.07, 6.45) is 5.59. The van der Waals surface area contributed by atoms with Crippen LogP contribution in [0.25, 0.3) is 0 Å². The average Bonchev–Trinajstić information content (AvgIpc) is 3.26. The normalized spacial score (nSPS) is 20.4. The third-order valence-corrected chi connectivity index (χ3v) is 6.72. The van der Waals surface area contributed by atoms with Crippen molar-refractivity contribution in [2.45, 2.75) is 65.5 Å². The molecule has 29 heavy (non-hydrogen) atoms. The third-order valence-electron chi connectivity index (χ3n) is 6.72. The fraction of sp³-hybridized carbons (Fsp3) is 0.667. The summed E-state index contributed by atoms with van der Waals surface area (Å²) in [5.41, 5.74) is 2.36. The Hall–Kier alpha value is -1.88. The molecule has 2 aliphatic rings. The molecule has 1 N–H and O–H groups in total. The van der Waals surface area contributed by atoms with E-state index in [1.807, 2.05) is 17.9 Å². The first kappa shape index (κ1) is 21.8. The van der Waals surface area contributed by atoms with Gasteiger partial charge in [-0.25, -0.2) is 0 Å². The van der Waals surface area contributed by atoms with Crippen molar-refractivity contribution in [2.24, 2.45) is 11.8 Å². The second-order valence-corrected chi connectivity index (χ2v) is 8.87. The van der Waals surface area contributed by atoms with E-state index < -0.39 is 0 Å². The fourth-order valence-electron chi connectivity index (χ4n) is 4.77. The van der Waals surface area contributed by atoms with Crippen LogP contribution in [0.1, 0.15) is 57.1 Å². The van der Waals surface area contributed by atoms with Crippen LogP contribution in [0, 0.1) is 18.8 Å². The second kappa shape index (κ2) is 10.2. The second-order valence-electron chi connectivity index (χ2n) is 8.87. The summed E-state index contributed by atoms with van der Waals surface area (Å²) in [5, 5.41) is 3.20. The Kier molecular flexibility index (Phi) is 7.70. The third kappa shape index (κ3) is 5.59. The van der Waals surface area contributed by atoms with Gasteiger partial charge in [0.2, 0.25) is 11.8 Å². The molecule has 0 radical (unpaired) electrons. The molecule has 0 bridgehead atoms. The van der Waals surface area contributed by atoms with Gasteiger partial charge in [0, 0.05) is 38.6 Å². The van der Waals surface area contributed by atoms with E-state index in [1.165, 1.54) is 18.4 Å². The lowest BCUT2D eigenvalue weighted by Gasteiger charge is -2.41. The molecule has 2 atom stereocenters. The monoisotopic (exact) mass is 399 g/mol. The van der Waals surface area contributed by atoms with Gasteiger partial charge in [-0.05, 0) is 37.7 Å². The standard InChI is InChI=1S/C24H37N3O2/c1-4-19(3)24(29)27-14-12-26(13-15-27)22(21-10-5-6-11-21)23(28)25-17-20-9-7-8-18(2)16-20/h7-9,16,19,21-22H,4-6,10-15,17H2,1-3H3,(H,25,28)/t19-,22+/m0/s1. The van der Waals surface area contributed by atoms with Crippen LogP contribution >= 0.6 is 0 Å². The first-order valence-corrected chi connectivity index (χ1v) is 11.4. The van der Waals surface area contributed by atoms with Crippen molar-refractivity contribution in [3.05, 3.63) is 35.4 Å². The molecule has 1 aliphatic heterocycles. The molecular weight excluding hydrogens is 362 g/mol. The number of nitrogens with one attached hydrogen (secondary N) is 1. The van der Waals surface area contributed by atoms with Gasteiger partial charge in [0.15, 0.2) is 0 Å². The number of hydrogen-bond donors (Lipinski definition) is 1. The first-order valence-electron chi connectivity index (χ1n) is 11.4. The van der Waals surface area contributed by atoms with E-state index in [2.05, 4.69) is 42.3 Å². The molecule has 160 valence electrons. The maximum Gasteiger partial charge on any atom is 0.237 e. The predicted molar refractivity (Wildman–Crippen MR) is 116 cm³/mol. The summed E-state index contributed by atoms with van der Waals surface area (Å²) in [4.78, 5) is 30.1. The number of nitrogens with zero attached hydrogens (tertiary/aromatic N) is 2. The molecule has 5 nitrogen and oxygen atoms in total. The van der Waals surface area contributed by atoms with Gasteiger partial charge in [-0.2, -0.15) is 0 Å². The zero-order chi connectivity index (χ0) is 20.8. The smallest absolute Gasteiger partial charge is 0.237 e. The molecule has 2 amide bonds. The Morgan fingerprint density at radius 1 is 1.14 bits per heavy atom. The summed E-state index contributed by atoms with van der Waals surface area (Å²) in [6, 6.07) is 8.25. The molecule has 0 aromatic heterocycles. The molecule has 2 fully saturated rings. The Morgan fingerprint density at radius 3 is 2.45 bits per heavy atom. The van der Waals surface area contributed by atoms with E-state index in [-0.39, 0.29) is 23.8 Å². The highest BCUT2D eigenvalue weighted by Gasteiger charge is 2.37. The van der Waals surface area contributed by atoms with Crippen molar-refractivity contribution in [1.82, 2.24) is 15.1 Å². The van der Waals surface area contributed by atoms with E-state index >= 15 is 0 Å². The van der Waals surface area contributed by atoms with Crippen LogP contribution in [0.2, 0.25) is 0 Å². The fourth-order valence-corrected chi connectivity index (χ4v) is 4.77. The minimum Gasteiger partial charge on any atom is -0.351 e. The van der Waals surface area contributed by atoms with Crippen LogP contribution in [-0.2, 0) is 16.1 Å². The van der Waals surface area contributed by atoms with Crippen LogP contribution in [-0.4, -0.2) is 53.8 Å². The predicted octanol–water partition coefficient (Wildman–Crippen LogP) is 3.36.